The number of ether oxygens (including phenoxy) is 1. The Labute approximate surface area is 114 Å². The third-order valence-electron chi connectivity index (χ3n) is 2.73. The Morgan fingerprint density at radius 2 is 1.94 bits per heavy atom. The summed E-state index contributed by atoms with van der Waals surface area (Å²) in [4.78, 5) is 0. The number of hydrogen-bond acceptors (Lipinski definition) is 4. The molecule has 0 amide bonds. The van der Waals surface area contributed by atoms with E-state index in [0.29, 0.717) is 18.2 Å². The van der Waals surface area contributed by atoms with Gasteiger partial charge in [-0.05, 0) is 35.9 Å². The molecular formula is C14H23NO2S. The van der Waals surface area contributed by atoms with E-state index in [4.69, 9.17) is 10.5 Å². The number of thioether (sulfide) groups is 1. The van der Waals surface area contributed by atoms with Crippen LogP contribution in [0.15, 0.2) is 24.3 Å². The lowest BCUT2D eigenvalue weighted by Gasteiger charge is -2.13. The minimum absolute atomic E-state index is 0.331. The Bertz CT molecular complexity index is 329. The number of rotatable bonds is 8. The molecule has 1 aromatic carbocycles. The van der Waals surface area contributed by atoms with Crippen LogP contribution in [-0.2, 0) is 0 Å². The fourth-order valence-corrected chi connectivity index (χ4v) is 2.47. The molecule has 0 spiro atoms. The molecular weight excluding hydrogens is 246 g/mol. The van der Waals surface area contributed by atoms with Gasteiger partial charge in [-0.1, -0.05) is 20.3 Å². The zero-order valence-corrected chi connectivity index (χ0v) is 12.0. The van der Waals surface area contributed by atoms with Gasteiger partial charge >= 0.3 is 0 Å². The Kier molecular flexibility index (Phi) is 6.98. The summed E-state index contributed by atoms with van der Waals surface area (Å²) < 4.78 is 5.49. The molecule has 4 heteroatoms. The van der Waals surface area contributed by atoms with E-state index in [1.165, 1.54) is 6.42 Å². The summed E-state index contributed by atoms with van der Waals surface area (Å²) in [7, 11) is 0. The van der Waals surface area contributed by atoms with Gasteiger partial charge in [-0.3, -0.25) is 0 Å². The van der Waals surface area contributed by atoms with Gasteiger partial charge in [-0.25, -0.2) is 0 Å². The number of benzene rings is 1. The highest BCUT2D eigenvalue weighted by atomic mass is 32.2. The van der Waals surface area contributed by atoms with Gasteiger partial charge in [-0.2, -0.15) is 11.8 Å². The molecule has 2 atom stereocenters. The van der Waals surface area contributed by atoms with Crippen molar-refractivity contribution < 1.29 is 9.84 Å². The van der Waals surface area contributed by atoms with E-state index in [1.807, 2.05) is 12.1 Å². The summed E-state index contributed by atoms with van der Waals surface area (Å²) in [6.45, 7) is 4.74. The Morgan fingerprint density at radius 3 is 2.56 bits per heavy atom. The first kappa shape index (κ1) is 15.2. The minimum atomic E-state index is -0.420. The molecule has 0 aliphatic carbocycles. The van der Waals surface area contributed by atoms with E-state index in [0.717, 1.165) is 17.3 Å². The van der Waals surface area contributed by atoms with Crippen molar-refractivity contribution in [3.8, 4) is 5.75 Å². The maximum absolute atomic E-state index is 9.78. The molecule has 0 heterocycles. The van der Waals surface area contributed by atoms with Crippen molar-refractivity contribution in [3.63, 3.8) is 0 Å². The Hall–Kier alpha value is -0.870. The van der Waals surface area contributed by atoms with E-state index in [1.54, 1.807) is 23.9 Å². The van der Waals surface area contributed by atoms with Gasteiger partial charge in [0.15, 0.2) is 0 Å². The summed E-state index contributed by atoms with van der Waals surface area (Å²) in [5.74, 6) is 3.27. The first-order valence-corrected chi connectivity index (χ1v) is 7.51. The highest BCUT2D eigenvalue weighted by molar-refractivity contribution is 7.99. The van der Waals surface area contributed by atoms with Crippen LogP contribution >= 0.6 is 11.8 Å². The average Bonchev–Trinajstić information content (AvgIpc) is 2.38. The van der Waals surface area contributed by atoms with E-state index in [-0.39, 0.29) is 0 Å². The van der Waals surface area contributed by atoms with Crippen molar-refractivity contribution in [1.29, 1.82) is 0 Å². The number of aliphatic hydroxyl groups is 1. The molecule has 0 bridgehead atoms. The topological polar surface area (TPSA) is 55.5 Å². The summed E-state index contributed by atoms with van der Waals surface area (Å²) in [6, 6.07) is 7.21. The zero-order chi connectivity index (χ0) is 13.4. The summed E-state index contributed by atoms with van der Waals surface area (Å²) in [5, 5.41) is 9.78. The lowest BCUT2D eigenvalue weighted by molar-refractivity contribution is 0.126. The molecule has 0 aliphatic heterocycles. The predicted molar refractivity (Wildman–Crippen MR) is 79.1 cm³/mol. The summed E-state index contributed by atoms with van der Waals surface area (Å²) in [5.41, 5.74) is 6.30. The van der Waals surface area contributed by atoms with E-state index in [9.17, 15) is 5.11 Å². The average molecular weight is 269 g/mol. The first-order valence-electron chi connectivity index (χ1n) is 6.36. The van der Waals surface area contributed by atoms with E-state index >= 15 is 0 Å². The fourth-order valence-electron chi connectivity index (χ4n) is 1.33. The molecule has 0 fully saturated rings. The van der Waals surface area contributed by atoms with Crippen molar-refractivity contribution >= 4 is 17.4 Å². The van der Waals surface area contributed by atoms with Crippen molar-refractivity contribution in [2.45, 2.75) is 26.4 Å². The van der Waals surface area contributed by atoms with E-state index < -0.39 is 6.10 Å². The molecule has 0 aliphatic rings. The predicted octanol–water partition coefficient (Wildman–Crippen LogP) is 2.79. The van der Waals surface area contributed by atoms with Crippen LogP contribution in [0.25, 0.3) is 0 Å². The van der Waals surface area contributed by atoms with Crippen LogP contribution in [0, 0.1) is 5.92 Å². The van der Waals surface area contributed by atoms with Crippen LogP contribution in [0.3, 0.4) is 0 Å². The molecule has 18 heavy (non-hydrogen) atoms. The molecule has 2 unspecified atom stereocenters. The highest BCUT2D eigenvalue weighted by Gasteiger charge is 2.07. The van der Waals surface area contributed by atoms with Gasteiger partial charge in [0.1, 0.15) is 12.4 Å². The third kappa shape index (κ3) is 6.17. The van der Waals surface area contributed by atoms with Crippen molar-refractivity contribution in [2.24, 2.45) is 5.92 Å². The minimum Gasteiger partial charge on any atom is -0.491 e. The van der Waals surface area contributed by atoms with Gasteiger partial charge < -0.3 is 15.6 Å². The maximum atomic E-state index is 9.78. The second kappa shape index (κ2) is 8.27. The molecule has 1 aromatic rings. The lowest BCUT2D eigenvalue weighted by atomic mass is 10.2. The van der Waals surface area contributed by atoms with Gasteiger partial charge in [-0.15, -0.1) is 0 Å². The molecule has 1 rings (SSSR count). The highest BCUT2D eigenvalue weighted by Crippen LogP contribution is 2.15. The lowest BCUT2D eigenvalue weighted by Crippen LogP contribution is -2.20. The molecule has 102 valence electrons. The number of aliphatic hydroxyl groups excluding tert-OH is 1. The Morgan fingerprint density at radius 1 is 1.28 bits per heavy atom. The zero-order valence-electron chi connectivity index (χ0n) is 11.1. The monoisotopic (exact) mass is 269 g/mol. The maximum Gasteiger partial charge on any atom is 0.119 e. The van der Waals surface area contributed by atoms with Crippen LogP contribution in [0.2, 0.25) is 0 Å². The van der Waals surface area contributed by atoms with Crippen LogP contribution in [0.4, 0.5) is 5.69 Å². The molecule has 0 radical (unpaired) electrons. The largest absolute Gasteiger partial charge is 0.491 e. The number of nitrogens with two attached hydrogens (primary N) is 1. The molecule has 0 aromatic heterocycles. The van der Waals surface area contributed by atoms with Gasteiger partial charge in [0.05, 0.1) is 6.10 Å². The van der Waals surface area contributed by atoms with E-state index in [2.05, 4.69) is 13.8 Å². The SMILES string of the molecule is CCC(C)CSCC(O)COc1ccc(N)cc1. The molecule has 0 saturated carbocycles. The number of hydrogen-bond donors (Lipinski definition) is 2. The summed E-state index contributed by atoms with van der Waals surface area (Å²) in [6.07, 6.45) is 0.766. The Balaban J connectivity index is 2.16. The number of nitrogen functional groups attached to an aromatic ring is 1. The van der Waals surface area contributed by atoms with Gasteiger partial charge in [0, 0.05) is 11.4 Å². The molecule has 3 nitrogen and oxygen atoms in total. The third-order valence-corrected chi connectivity index (χ3v) is 4.16. The van der Waals surface area contributed by atoms with Gasteiger partial charge in [0.25, 0.3) is 0 Å². The second-order valence-electron chi connectivity index (χ2n) is 4.58. The fraction of sp³-hybridized carbons (Fsp3) is 0.571. The van der Waals surface area contributed by atoms with Crippen LogP contribution in [0.1, 0.15) is 20.3 Å². The summed E-state index contributed by atoms with van der Waals surface area (Å²) >= 11 is 1.78. The molecule has 3 N–H and O–H groups in total. The van der Waals surface area contributed by atoms with Crippen LogP contribution < -0.4 is 10.5 Å². The van der Waals surface area contributed by atoms with Crippen molar-refractivity contribution in [1.82, 2.24) is 0 Å². The van der Waals surface area contributed by atoms with Gasteiger partial charge in [0.2, 0.25) is 0 Å². The standard InChI is InChI=1S/C14H23NO2S/c1-3-11(2)9-18-10-13(16)8-17-14-6-4-12(15)5-7-14/h4-7,11,13,16H,3,8-10,15H2,1-2H3. The van der Waals surface area contributed by atoms with Crippen molar-refractivity contribution in [2.75, 3.05) is 23.8 Å². The first-order chi connectivity index (χ1) is 8.61. The quantitative estimate of drug-likeness (QED) is 0.713. The number of anilines is 1. The second-order valence-corrected chi connectivity index (χ2v) is 5.66. The smallest absolute Gasteiger partial charge is 0.119 e. The normalized spacial score (nSPS) is 14.2. The van der Waals surface area contributed by atoms with Crippen LogP contribution in [0.5, 0.6) is 5.75 Å². The van der Waals surface area contributed by atoms with Crippen molar-refractivity contribution in [3.05, 3.63) is 24.3 Å². The van der Waals surface area contributed by atoms with Crippen LogP contribution in [-0.4, -0.2) is 29.3 Å². The molecule has 0 saturated heterocycles.